The minimum atomic E-state index is 0.379. The SMILES string of the molecule is Oc1ccc2c(c1)CCc1ccccc1C2. The molecule has 1 aliphatic carbocycles. The van der Waals surface area contributed by atoms with Crippen molar-refractivity contribution in [3.63, 3.8) is 0 Å². The molecular weight excluding hydrogens is 196 g/mol. The second-order valence-electron chi connectivity index (χ2n) is 4.40. The summed E-state index contributed by atoms with van der Waals surface area (Å²) in [4.78, 5) is 0. The minimum Gasteiger partial charge on any atom is -0.508 e. The normalized spacial score (nSPS) is 13.8. The summed E-state index contributed by atoms with van der Waals surface area (Å²) in [6, 6.07) is 14.4. The average Bonchev–Trinajstić information content (AvgIpc) is 2.48. The fourth-order valence-corrected chi connectivity index (χ4v) is 2.47. The summed E-state index contributed by atoms with van der Waals surface area (Å²) in [5, 5.41) is 9.50. The van der Waals surface area contributed by atoms with Crippen molar-refractivity contribution in [3.05, 3.63) is 64.7 Å². The lowest BCUT2D eigenvalue weighted by molar-refractivity contribution is 0.474. The van der Waals surface area contributed by atoms with Gasteiger partial charge in [0.1, 0.15) is 5.75 Å². The van der Waals surface area contributed by atoms with E-state index in [2.05, 4.69) is 24.3 Å². The van der Waals surface area contributed by atoms with Crippen LogP contribution in [-0.2, 0) is 19.3 Å². The first-order valence-corrected chi connectivity index (χ1v) is 5.70. The van der Waals surface area contributed by atoms with Gasteiger partial charge in [0, 0.05) is 0 Å². The van der Waals surface area contributed by atoms with E-state index in [0.29, 0.717) is 5.75 Å². The Morgan fingerprint density at radius 1 is 0.750 bits per heavy atom. The van der Waals surface area contributed by atoms with Crippen LogP contribution in [0.1, 0.15) is 22.3 Å². The molecule has 3 rings (SSSR count). The van der Waals surface area contributed by atoms with Crippen molar-refractivity contribution in [2.75, 3.05) is 0 Å². The summed E-state index contributed by atoms with van der Waals surface area (Å²) in [5.41, 5.74) is 5.50. The van der Waals surface area contributed by atoms with Crippen LogP contribution < -0.4 is 0 Å². The highest BCUT2D eigenvalue weighted by Crippen LogP contribution is 2.26. The van der Waals surface area contributed by atoms with Gasteiger partial charge in [0.05, 0.1) is 0 Å². The number of phenolic OH excluding ortho intramolecular Hbond substituents is 1. The predicted molar refractivity (Wildman–Crippen MR) is 64.8 cm³/mol. The standard InChI is InChI=1S/C15H14O/c16-15-8-7-13-9-12-4-2-1-3-11(12)5-6-14(13)10-15/h1-4,7-8,10,16H,5-6,9H2. The minimum absolute atomic E-state index is 0.379. The van der Waals surface area contributed by atoms with Crippen LogP contribution in [0.15, 0.2) is 42.5 Å². The Labute approximate surface area is 95.4 Å². The molecule has 16 heavy (non-hydrogen) atoms. The molecule has 0 atom stereocenters. The molecule has 0 saturated heterocycles. The maximum atomic E-state index is 9.50. The van der Waals surface area contributed by atoms with Crippen molar-refractivity contribution in [1.29, 1.82) is 0 Å². The van der Waals surface area contributed by atoms with Crippen LogP contribution in [-0.4, -0.2) is 5.11 Å². The van der Waals surface area contributed by atoms with Crippen molar-refractivity contribution >= 4 is 0 Å². The van der Waals surface area contributed by atoms with E-state index in [-0.39, 0.29) is 0 Å². The van der Waals surface area contributed by atoms with E-state index in [1.54, 1.807) is 6.07 Å². The van der Waals surface area contributed by atoms with E-state index in [1.807, 2.05) is 12.1 Å². The van der Waals surface area contributed by atoms with Gasteiger partial charge in [0.15, 0.2) is 0 Å². The molecule has 1 nitrogen and oxygen atoms in total. The number of aryl methyl sites for hydroxylation is 2. The van der Waals surface area contributed by atoms with E-state index in [0.717, 1.165) is 19.3 Å². The molecule has 0 heterocycles. The maximum absolute atomic E-state index is 9.50. The molecule has 0 saturated carbocycles. The van der Waals surface area contributed by atoms with Gasteiger partial charge >= 0.3 is 0 Å². The molecule has 2 aromatic rings. The van der Waals surface area contributed by atoms with Crippen LogP contribution in [0.4, 0.5) is 0 Å². The number of benzene rings is 2. The summed E-state index contributed by atoms with van der Waals surface area (Å²) < 4.78 is 0. The lowest BCUT2D eigenvalue weighted by Crippen LogP contribution is -1.91. The molecule has 2 aromatic carbocycles. The number of hydrogen-bond donors (Lipinski definition) is 1. The van der Waals surface area contributed by atoms with Gasteiger partial charge in [-0.25, -0.2) is 0 Å². The maximum Gasteiger partial charge on any atom is 0.115 e. The second-order valence-corrected chi connectivity index (χ2v) is 4.40. The van der Waals surface area contributed by atoms with Gasteiger partial charge in [-0.15, -0.1) is 0 Å². The smallest absolute Gasteiger partial charge is 0.115 e. The Kier molecular flexibility index (Phi) is 2.17. The molecule has 1 heteroatoms. The Balaban J connectivity index is 2.08. The van der Waals surface area contributed by atoms with Crippen LogP contribution in [0, 0.1) is 0 Å². The predicted octanol–water partition coefficient (Wildman–Crippen LogP) is 3.08. The van der Waals surface area contributed by atoms with Crippen LogP contribution in [0.25, 0.3) is 0 Å². The van der Waals surface area contributed by atoms with Crippen LogP contribution >= 0.6 is 0 Å². The van der Waals surface area contributed by atoms with Crippen LogP contribution in [0.5, 0.6) is 5.75 Å². The van der Waals surface area contributed by atoms with Gasteiger partial charge in [-0.1, -0.05) is 30.3 Å². The number of phenols is 1. The Hall–Kier alpha value is -1.76. The molecule has 0 fully saturated rings. The zero-order valence-electron chi connectivity index (χ0n) is 9.11. The van der Waals surface area contributed by atoms with Gasteiger partial charge in [-0.3, -0.25) is 0 Å². The third-order valence-electron chi connectivity index (χ3n) is 3.35. The Bertz CT molecular complexity index is 529. The molecule has 1 N–H and O–H groups in total. The summed E-state index contributed by atoms with van der Waals surface area (Å²) >= 11 is 0. The van der Waals surface area contributed by atoms with Gasteiger partial charge < -0.3 is 5.11 Å². The summed E-state index contributed by atoms with van der Waals surface area (Å²) in [7, 11) is 0. The fraction of sp³-hybridized carbons (Fsp3) is 0.200. The number of hydrogen-bond acceptors (Lipinski definition) is 1. The molecule has 0 bridgehead atoms. The molecule has 80 valence electrons. The molecule has 0 spiro atoms. The number of fused-ring (bicyclic) bond motifs is 2. The van der Waals surface area contributed by atoms with Crippen molar-refractivity contribution in [1.82, 2.24) is 0 Å². The number of rotatable bonds is 0. The number of aromatic hydroxyl groups is 1. The molecule has 0 radical (unpaired) electrons. The van der Waals surface area contributed by atoms with E-state index in [4.69, 9.17) is 0 Å². The van der Waals surface area contributed by atoms with Crippen molar-refractivity contribution in [2.45, 2.75) is 19.3 Å². The lowest BCUT2D eigenvalue weighted by atomic mass is 10.0. The summed E-state index contributed by atoms with van der Waals surface area (Å²) in [5.74, 6) is 0.379. The first-order chi connectivity index (χ1) is 7.83. The molecule has 0 unspecified atom stereocenters. The first-order valence-electron chi connectivity index (χ1n) is 5.70. The third kappa shape index (κ3) is 1.58. The quantitative estimate of drug-likeness (QED) is 0.708. The van der Waals surface area contributed by atoms with Crippen LogP contribution in [0.2, 0.25) is 0 Å². The molecular formula is C15H14O. The van der Waals surface area contributed by atoms with Gasteiger partial charge in [-0.2, -0.15) is 0 Å². The molecule has 0 aromatic heterocycles. The largest absolute Gasteiger partial charge is 0.508 e. The Morgan fingerprint density at radius 3 is 2.31 bits per heavy atom. The van der Waals surface area contributed by atoms with Gasteiger partial charge in [-0.05, 0) is 53.6 Å². The Morgan fingerprint density at radius 2 is 1.44 bits per heavy atom. The van der Waals surface area contributed by atoms with Crippen LogP contribution in [0.3, 0.4) is 0 Å². The third-order valence-corrected chi connectivity index (χ3v) is 3.35. The highest BCUT2D eigenvalue weighted by Gasteiger charge is 2.12. The van der Waals surface area contributed by atoms with E-state index >= 15 is 0 Å². The fourth-order valence-electron chi connectivity index (χ4n) is 2.47. The zero-order valence-corrected chi connectivity index (χ0v) is 9.11. The zero-order chi connectivity index (χ0) is 11.0. The monoisotopic (exact) mass is 210 g/mol. The second kappa shape index (κ2) is 3.67. The van der Waals surface area contributed by atoms with Gasteiger partial charge in [0.2, 0.25) is 0 Å². The van der Waals surface area contributed by atoms with Crippen molar-refractivity contribution < 1.29 is 5.11 Å². The molecule has 0 amide bonds. The van der Waals surface area contributed by atoms with E-state index in [9.17, 15) is 5.11 Å². The van der Waals surface area contributed by atoms with E-state index in [1.165, 1.54) is 22.3 Å². The summed E-state index contributed by atoms with van der Waals surface area (Å²) in [6.07, 6.45) is 3.10. The average molecular weight is 210 g/mol. The van der Waals surface area contributed by atoms with E-state index < -0.39 is 0 Å². The molecule has 0 aliphatic heterocycles. The van der Waals surface area contributed by atoms with Crippen molar-refractivity contribution in [3.8, 4) is 5.75 Å². The highest BCUT2D eigenvalue weighted by atomic mass is 16.3. The highest BCUT2D eigenvalue weighted by molar-refractivity contribution is 5.43. The van der Waals surface area contributed by atoms with Crippen molar-refractivity contribution in [2.24, 2.45) is 0 Å². The van der Waals surface area contributed by atoms with Gasteiger partial charge in [0.25, 0.3) is 0 Å². The first kappa shape index (κ1) is 9.46. The topological polar surface area (TPSA) is 20.2 Å². The lowest BCUT2D eigenvalue weighted by Gasteiger charge is -2.05. The molecule has 1 aliphatic rings. The summed E-state index contributed by atoms with van der Waals surface area (Å²) in [6.45, 7) is 0.